The topological polar surface area (TPSA) is 32.3 Å². The first kappa shape index (κ1) is 11.9. The number of carbonyl (C=O) groups excluding carboxylic acids is 1. The Balaban J connectivity index is 1.84. The second kappa shape index (κ2) is 4.74. The number of amides is 1. The second-order valence-electron chi connectivity index (χ2n) is 5.79. The third-order valence-corrected chi connectivity index (χ3v) is 3.60. The van der Waals surface area contributed by atoms with Crippen LogP contribution < -0.4 is 5.32 Å². The lowest BCUT2D eigenvalue weighted by Crippen LogP contribution is -2.42. The van der Waals surface area contributed by atoms with Crippen LogP contribution in [0.4, 0.5) is 0 Å². The molecule has 1 saturated carbocycles. The molecule has 1 aliphatic heterocycles. The molecule has 16 heavy (non-hydrogen) atoms. The van der Waals surface area contributed by atoms with Crippen LogP contribution in [0, 0.1) is 5.92 Å². The van der Waals surface area contributed by atoms with Crippen LogP contribution in [0.15, 0.2) is 0 Å². The lowest BCUT2D eigenvalue weighted by atomic mass is 10.0. The highest BCUT2D eigenvalue weighted by Gasteiger charge is 2.37. The van der Waals surface area contributed by atoms with Crippen LogP contribution in [-0.4, -0.2) is 35.5 Å². The molecule has 1 amide bonds. The van der Waals surface area contributed by atoms with Crippen molar-refractivity contribution >= 4 is 5.91 Å². The van der Waals surface area contributed by atoms with Crippen molar-refractivity contribution in [3.8, 4) is 0 Å². The van der Waals surface area contributed by atoms with Gasteiger partial charge in [0.1, 0.15) is 0 Å². The van der Waals surface area contributed by atoms with Crippen LogP contribution in [0.1, 0.15) is 46.5 Å². The summed E-state index contributed by atoms with van der Waals surface area (Å²) in [5.41, 5.74) is 0. The first-order valence-electron chi connectivity index (χ1n) is 6.64. The van der Waals surface area contributed by atoms with Gasteiger partial charge in [-0.1, -0.05) is 13.8 Å². The highest BCUT2D eigenvalue weighted by molar-refractivity contribution is 5.84. The van der Waals surface area contributed by atoms with Gasteiger partial charge in [-0.25, -0.2) is 0 Å². The van der Waals surface area contributed by atoms with Crippen molar-refractivity contribution in [2.75, 3.05) is 6.54 Å². The summed E-state index contributed by atoms with van der Waals surface area (Å²) in [4.78, 5) is 14.2. The monoisotopic (exact) mass is 224 g/mol. The second-order valence-corrected chi connectivity index (χ2v) is 5.79. The van der Waals surface area contributed by atoms with Crippen molar-refractivity contribution in [3.63, 3.8) is 0 Å². The zero-order valence-electron chi connectivity index (χ0n) is 10.7. The van der Waals surface area contributed by atoms with Crippen LogP contribution in [0.3, 0.4) is 0 Å². The van der Waals surface area contributed by atoms with Gasteiger partial charge in [0.25, 0.3) is 0 Å². The largest absolute Gasteiger partial charge is 0.339 e. The number of nitrogens with zero attached hydrogens (tertiary/aromatic N) is 1. The van der Waals surface area contributed by atoms with Crippen molar-refractivity contribution < 1.29 is 4.79 Å². The predicted octanol–water partition coefficient (Wildman–Crippen LogP) is 1.77. The lowest BCUT2D eigenvalue weighted by Gasteiger charge is -2.26. The summed E-state index contributed by atoms with van der Waals surface area (Å²) in [6, 6.07) is 1.15. The predicted molar refractivity (Wildman–Crippen MR) is 65.2 cm³/mol. The van der Waals surface area contributed by atoms with Gasteiger partial charge in [0.2, 0.25) is 5.91 Å². The van der Waals surface area contributed by atoms with Crippen molar-refractivity contribution in [1.29, 1.82) is 0 Å². The molecule has 0 spiro atoms. The summed E-state index contributed by atoms with van der Waals surface area (Å²) in [5, 5.41) is 3.45. The third kappa shape index (κ3) is 2.76. The maximum absolute atomic E-state index is 12.2. The van der Waals surface area contributed by atoms with E-state index in [-0.39, 0.29) is 6.04 Å². The van der Waals surface area contributed by atoms with Crippen LogP contribution in [0.5, 0.6) is 0 Å². The molecule has 1 saturated heterocycles. The normalized spacial score (nSPS) is 27.9. The fourth-order valence-electron chi connectivity index (χ4n) is 2.64. The van der Waals surface area contributed by atoms with E-state index in [1.165, 1.54) is 12.8 Å². The molecule has 1 heterocycles. The Labute approximate surface area is 98.6 Å². The molecule has 1 N–H and O–H groups in total. The molecule has 3 nitrogen and oxygen atoms in total. The quantitative estimate of drug-likeness (QED) is 0.772. The van der Waals surface area contributed by atoms with E-state index in [0.717, 1.165) is 19.4 Å². The Bertz CT molecular complexity index is 261. The maximum Gasteiger partial charge on any atom is 0.240 e. The van der Waals surface area contributed by atoms with Crippen molar-refractivity contribution in [1.82, 2.24) is 10.2 Å². The zero-order valence-corrected chi connectivity index (χ0v) is 10.7. The zero-order chi connectivity index (χ0) is 11.7. The molecular weight excluding hydrogens is 200 g/mol. The Hall–Kier alpha value is -0.570. The van der Waals surface area contributed by atoms with E-state index >= 15 is 0 Å². The van der Waals surface area contributed by atoms with Crippen molar-refractivity contribution in [2.24, 2.45) is 5.92 Å². The van der Waals surface area contributed by atoms with E-state index in [2.05, 4.69) is 31.0 Å². The van der Waals surface area contributed by atoms with Gasteiger partial charge in [-0.05, 0) is 38.5 Å². The minimum Gasteiger partial charge on any atom is -0.339 e. The summed E-state index contributed by atoms with van der Waals surface area (Å²) in [7, 11) is 0. The van der Waals surface area contributed by atoms with E-state index < -0.39 is 0 Å². The summed E-state index contributed by atoms with van der Waals surface area (Å²) in [6.07, 6.45) is 4.62. The highest BCUT2D eigenvalue weighted by atomic mass is 16.2. The van der Waals surface area contributed by atoms with Crippen molar-refractivity contribution in [3.05, 3.63) is 0 Å². The average molecular weight is 224 g/mol. The molecule has 2 fully saturated rings. The molecule has 0 aromatic carbocycles. The molecular formula is C13H24N2O. The molecule has 1 aliphatic carbocycles. The molecule has 3 heteroatoms. The van der Waals surface area contributed by atoms with E-state index in [1.807, 2.05) is 0 Å². The first-order valence-corrected chi connectivity index (χ1v) is 6.64. The van der Waals surface area contributed by atoms with Gasteiger partial charge in [0.05, 0.1) is 6.04 Å². The van der Waals surface area contributed by atoms with E-state index in [9.17, 15) is 4.79 Å². The average Bonchev–Trinajstić information content (AvgIpc) is 2.91. The minimum absolute atomic E-state index is 0.113. The Morgan fingerprint density at radius 2 is 2.00 bits per heavy atom. The Morgan fingerprint density at radius 3 is 2.56 bits per heavy atom. The third-order valence-electron chi connectivity index (χ3n) is 3.60. The Morgan fingerprint density at radius 1 is 1.31 bits per heavy atom. The molecule has 2 unspecified atom stereocenters. The summed E-state index contributed by atoms with van der Waals surface area (Å²) < 4.78 is 0. The molecule has 0 bridgehead atoms. The van der Waals surface area contributed by atoms with Gasteiger partial charge < -0.3 is 10.2 Å². The molecule has 2 atom stereocenters. The number of hydrogen-bond donors (Lipinski definition) is 1. The first-order chi connectivity index (χ1) is 7.58. The fourth-order valence-corrected chi connectivity index (χ4v) is 2.64. The number of rotatable bonds is 5. The number of carbonyl (C=O) groups is 1. The van der Waals surface area contributed by atoms with Crippen LogP contribution >= 0.6 is 0 Å². The molecule has 2 rings (SSSR count). The van der Waals surface area contributed by atoms with Gasteiger partial charge in [-0.15, -0.1) is 0 Å². The standard InChI is InChI=1S/C13H24N2O/c1-9(2)8-10(3)15-7-6-12(13(15)16)14-11-4-5-11/h9-12,14H,4-8H2,1-3H3. The van der Waals surface area contributed by atoms with Crippen LogP contribution in [0.25, 0.3) is 0 Å². The molecule has 0 aromatic rings. The fraction of sp³-hybridized carbons (Fsp3) is 0.923. The van der Waals surface area contributed by atoms with Crippen LogP contribution in [0.2, 0.25) is 0 Å². The summed E-state index contributed by atoms with van der Waals surface area (Å²) in [5.74, 6) is 0.998. The van der Waals surface area contributed by atoms with Gasteiger partial charge in [0, 0.05) is 18.6 Å². The number of nitrogens with one attached hydrogen (secondary N) is 1. The van der Waals surface area contributed by atoms with E-state index in [1.54, 1.807) is 0 Å². The van der Waals surface area contributed by atoms with Crippen molar-refractivity contribution in [2.45, 2.75) is 64.6 Å². The van der Waals surface area contributed by atoms with E-state index in [0.29, 0.717) is 23.9 Å². The summed E-state index contributed by atoms with van der Waals surface area (Å²) >= 11 is 0. The highest BCUT2D eigenvalue weighted by Crippen LogP contribution is 2.24. The smallest absolute Gasteiger partial charge is 0.240 e. The van der Waals surface area contributed by atoms with E-state index in [4.69, 9.17) is 0 Å². The lowest BCUT2D eigenvalue weighted by molar-refractivity contribution is -0.131. The SMILES string of the molecule is CC(C)CC(C)N1CCC(NC2CC2)C1=O. The van der Waals surface area contributed by atoms with Gasteiger partial charge in [0.15, 0.2) is 0 Å². The number of hydrogen-bond acceptors (Lipinski definition) is 2. The van der Waals surface area contributed by atoms with Gasteiger partial charge in [-0.3, -0.25) is 4.79 Å². The number of likely N-dealkylation sites (tertiary alicyclic amines) is 1. The molecule has 92 valence electrons. The molecule has 0 aromatic heterocycles. The maximum atomic E-state index is 12.2. The molecule has 0 radical (unpaired) electrons. The van der Waals surface area contributed by atoms with Gasteiger partial charge in [-0.2, -0.15) is 0 Å². The Kier molecular flexibility index (Phi) is 3.53. The minimum atomic E-state index is 0.113. The van der Waals surface area contributed by atoms with Crippen LogP contribution in [-0.2, 0) is 4.79 Å². The summed E-state index contributed by atoms with van der Waals surface area (Å²) in [6.45, 7) is 7.56. The van der Waals surface area contributed by atoms with Gasteiger partial charge >= 0.3 is 0 Å². The molecule has 2 aliphatic rings.